The number of anilines is 1. The Bertz CT molecular complexity index is 1480. The van der Waals surface area contributed by atoms with Gasteiger partial charge in [0.1, 0.15) is 11.3 Å². The van der Waals surface area contributed by atoms with Crippen LogP contribution < -0.4 is 4.90 Å². The minimum absolute atomic E-state index is 0.0689. The number of hydrogen-bond acceptors (Lipinski definition) is 3. The number of aromatic nitrogens is 1. The highest BCUT2D eigenvalue weighted by Crippen LogP contribution is 2.61. The van der Waals surface area contributed by atoms with Gasteiger partial charge < -0.3 is 14.6 Å². The zero-order valence-corrected chi connectivity index (χ0v) is 21.1. The first-order valence-electron chi connectivity index (χ1n) is 11.9. The second-order valence-corrected chi connectivity index (χ2v) is 10.2. The predicted octanol–water partition coefficient (Wildman–Crippen LogP) is 5.83. The lowest BCUT2D eigenvalue weighted by Gasteiger charge is -2.45. The second kappa shape index (κ2) is 8.09. The van der Waals surface area contributed by atoms with E-state index in [1.165, 1.54) is 0 Å². The standard InChI is InChI=1S/C29H25BrN2O3/c1-3-35-27(33)26-25-19-8-4-6-10-22(19)31-23(25)16-21(17-12-14-18(30)15-13-17)29(26)20-9-5-7-11-24(20)32(2)28(29)34/h4-15,21,26,31H,3,16H2,1-2H3/t21-,26-,29+/m0/s1. The molecule has 1 spiro atoms. The van der Waals surface area contributed by atoms with Gasteiger partial charge in [-0.25, -0.2) is 0 Å². The molecule has 1 aliphatic carbocycles. The number of halogens is 1. The number of hydrogen-bond donors (Lipinski definition) is 1. The van der Waals surface area contributed by atoms with Crippen LogP contribution in [0.5, 0.6) is 0 Å². The molecule has 0 unspecified atom stereocenters. The van der Waals surface area contributed by atoms with Crippen molar-refractivity contribution >= 4 is 44.4 Å². The molecule has 1 amide bonds. The average Bonchev–Trinajstić information content (AvgIpc) is 3.34. The molecule has 2 heterocycles. The first-order chi connectivity index (χ1) is 17.0. The number of amides is 1. The topological polar surface area (TPSA) is 62.4 Å². The van der Waals surface area contributed by atoms with Crippen LogP contribution in [-0.2, 0) is 26.2 Å². The summed E-state index contributed by atoms with van der Waals surface area (Å²) in [7, 11) is 1.81. The van der Waals surface area contributed by atoms with Crippen LogP contribution in [0.15, 0.2) is 77.3 Å². The van der Waals surface area contributed by atoms with Crippen molar-refractivity contribution in [2.45, 2.75) is 30.6 Å². The number of aromatic amines is 1. The summed E-state index contributed by atoms with van der Waals surface area (Å²) < 4.78 is 6.68. The number of nitrogens with zero attached hydrogens (tertiary/aromatic N) is 1. The molecule has 0 fully saturated rings. The zero-order valence-electron chi connectivity index (χ0n) is 19.5. The van der Waals surface area contributed by atoms with Crippen molar-refractivity contribution in [1.82, 2.24) is 4.98 Å². The molecular formula is C29H25BrN2O3. The number of para-hydroxylation sites is 2. The number of rotatable bonds is 3. The molecule has 3 aromatic carbocycles. The SMILES string of the molecule is CCOC(=O)[C@@H]1c2c([nH]c3ccccc23)C[C@@H](c2ccc(Br)cc2)[C@@]12C(=O)N(C)c1ccccc12. The fourth-order valence-corrected chi connectivity index (χ4v) is 6.61. The summed E-state index contributed by atoms with van der Waals surface area (Å²) in [6.45, 7) is 2.06. The van der Waals surface area contributed by atoms with Gasteiger partial charge in [-0.1, -0.05) is 64.5 Å². The van der Waals surface area contributed by atoms with Gasteiger partial charge in [0.15, 0.2) is 0 Å². The summed E-state index contributed by atoms with van der Waals surface area (Å²) in [6.07, 6.45) is 0.607. The largest absolute Gasteiger partial charge is 0.465 e. The number of esters is 1. The number of carbonyl (C=O) groups is 2. The number of nitrogens with one attached hydrogen (secondary N) is 1. The Morgan fingerprint density at radius 3 is 2.57 bits per heavy atom. The van der Waals surface area contributed by atoms with Crippen molar-refractivity contribution in [2.75, 3.05) is 18.6 Å². The van der Waals surface area contributed by atoms with Crippen molar-refractivity contribution in [3.05, 3.63) is 99.7 Å². The first-order valence-corrected chi connectivity index (χ1v) is 12.7. The summed E-state index contributed by atoms with van der Waals surface area (Å²) in [6, 6.07) is 24.0. The Morgan fingerprint density at radius 1 is 1.09 bits per heavy atom. The molecular weight excluding hydrogens is 504 g/mol. The van der Waals surface area contributed by atoms with Crippen LogP contribution in [0.25, 0.3) is 10.9 Å². The van der Waals surface area contributed by atoms with E-state index in [0.29, 0.717) is 6.42 Å². The van der Waals surface area contributed by atoms with E-state index >= 15 is 0 Å². The summed E-state index contributed by atoms with van der Waals surface area (Å²) in [4.78, 5) is 33.7. The maximum Gasteiger partial charge on any atom is 0.314 e. The number of benzene rings is 3. The van der Waals surface area contributed by atoms with Crippen LogP contribution in [0.3, 0.4) is 0 Å². The Balaban J connectivity index is 1.73. The Kier molecular flexibility index (Phi) is 5.11. The lowest BCUT2D eigenvalue weighted by Crippen LogP contribution is -2.53. The van der Waals surface area contributed by atoms with Crippen LogP contribution >= 0.6 is 15.9 Å². The minimum atomic E-state index is -1.12. The highest BCUT2D eigenvalue weighted by Gasteiger charge is 2.65. The van der Waals surface area contributed by atoms with Gasteiger partial charge in [0.05, 0.1) is 6.61 Å². The van der Waals surface area contributed by atoms with Crippen molar-refractivity contribution in [2.24, 2.45) is 0 Å². The fourth-order valence-electron chi connectivity index (χ4n) is 6.34. The van der Waals surface area contributed by atoms with Gasteiger partial charge in [-0.2, -0.15) is 0 Å². The van der Waals surface area contributed by atoms with E-state index in [1.807, 2.05) is 74.6 Å². The number of ether oxygens (including phenoxy) is 1. The van der Waals surface area contributed by atoms with E-state index < -0.39 is 11.3 Å². The van der Waals surface area contributed by atoms with Gasteiger partial charge in [0, 0.05) is 39.7 Å². The molecule has 1 aliphatic heterocycles. The molecule has 0 radical (unpaired) electrons. The third-order valence-electron chi connectivity index (χ3n) is 7.69. The molecule has 5 nitrogen and oxygen atoms in total. The van der Waals surface area contributed by atoms with Crippen molar-refractivity contribution in [3.8, 4) is 0 Å². The van der Waals surface area contributed by atoms with E-state index in [0.717, 1.165) is 43.4 Å². The molecule has 6 rings (SSSR count). The smallest absolute Gasteiger partial charge is 0.314 e. The van der Waals surface area contributed by atoms with E-state index in [9.17, 15) is 9.59 Å². The quantitative estimate of drug-likeness (QED) is 0.340. The first kappa shape index (κ1) is 22.1. The molecule has 6 heteroatoms. The molecule has 2 aliphatic rings. The summed E-state index contributed by atoms with van der Waals surface area (Å²) in [5, 5.41) is 0.967. The number of H-pyrrole nitrogens is 1. The third kappa shape index (κ3) is 2.99. The Labute approximate surface area is 212 Å². The lowest BCUT2D eigenvalue weighted by atomic mass is 9.54. The van der Waals surface area contributed by atoms with Gasteiger partial charge in [0.25, 0.3) is 0 Å². The monoisotopic (exact) mass is 528 g/mol. The molecule has 0 saturated heterocycles. The molecule has 1 aromatic heterocycles. The maximum absolute atomic E-state index is 14.5. The number of fused-ring (bicyclic) bond motifs is 5. The second-order valence-electron chi connectivity index (χ2n) is 9.31. The van der Waals surface area contributed by atoms with Crippen LogP contribution in [0, 0.1) is 0 Å². The molecule has 35 heavy (non-hydrogen) atoms. The highest BCUT2D eigenvalue weighted by atomic mass is 79.9. The van der Waals surface area contributed by atoms with Crippen molar-refractivity contribution < 1.29 is 14.3 Å². The Hall–Kier alpha value is -3.38. The summed E-state index contributed by atoms with van der Waals surface area (Å²) >= 11 is 3.54. The summed E-state index contributed by atoms with van der Waals surface area (Å²) in [5.41, 5.74) is 4.46. The lowest BCUT2D eigenvalue weighted by molar-refractivity contribution is -0.150. The van der Waals surface area contributed by atoms with E-state index in [4.69, 9.17) is 4.74 Å². The fraction of sp³-hybridized carbons (Fsp3) is 0.241. The number of carbonyl (C=O) groups excluding carboxylic acids is 2. The van der Waals surface area contributed by atoms with E-state index in [-0.39, 0.29) is 24.4 Å². The molecule has 3 atom stereocenters. The van der Waals surface area contributed by atoms with Gasteiger partial charge in [-0.15, -0.1) is 0 Å². The Morgan fingerprint density at radius 2 is 1.80 bits per heavy atom. The molecule has 176 valence electrons. The van der Waals surface area contributed by atoms with Crippen molar-refractivity contribution in [1.29, 1.82) is 0 Å². The van der Waals surface area contributed by atoms with Crippen LogP contribution in [0.1, 0.15) is 41.1 Å². The maximum atomic E-state index is 14.5. The number of likely N-dealkylation sites (N-methyl/N-ethyl adjacent to an activating group) is 1. The van der Waals surface area contributed by atoms with Gasteiger partial charge >= 0.3 is 5.97 Å². The van der Waals surface area contributed by atoms with Crippen LogP contribution in [0.2, 0.25) is 0 Å². The van der Waals surface area contributed by atoms with Gasteiger partial charge in [-0.05, 0) is 54.3 Å². The summed E-state index contributed by atoms with van der Waals surface area (Å²) in [5.74, 6) is -1.47. The molecule has 0 saturated carbocycles. The molecule has 1 N–H and O–H groups in total. The minimum Gasteiger partial charge on any atom is -0.465 e. The van der Waals surface area contributed by atoms with Crippen LogP contribution in [0.4, 0.5) is 5.69 Å². The normalized spacial score (nSPS) is 22.9. The zero-order chi connectivity index (χ0) is 24.3. The average molecular weight is 529 g/mol. The molecule has 4 aromatic rings. The van der Waals surface area contributed by atoms with Crippen LogP contribution in [-0.4, -0.2) is 30.5 Å². The predicted molar refractivity (Wildman–Crippen MR) is 140 cm³/mol. The van der Waals surface area contributed by atoms with E-state index in [2.05, 4.69) is 33.0 Å². The van der Waals surface area contributed by atoms with Gasteiger partial charge in [0.2, 0.25) is 5.91 Å². The molecule has 0 bridgehead atoms. The van der Waals surface area contributed by atoms with Gasteiger partial charge in [-0.3, -0.25) is 9.59 Å². The highest BCUT2D eigenvalue weighted by molar-refractivity contribution is 9.10. The van der Waals surface area contributed by atoms with E-state index in [1.54, 1.807) is 4.90 Å². The van der Waals surface area contributed by atoms with Crippen molar-refractivity contribution in [3.63, 3.8) is 0 Å². The third-order valence-corrected chi connectivity index (χ3v) is 8.22.